The fourth-order valence-electron chi connectivity index (χ4n) is 6.07. The van der Waals surface area contributed by atoms with Gasteiger partial charge >= 0.3 is 5.97 Å². The van der Waals surface area contributed by atoms with Crippen LogP contribution >= 0.6 is 0 Å². The minimum absolute atomic E-state index is 0.258. The van der Waals surface area contributed by atoms with Gasteiger partial charge in [-0.15, -0.1) is 0 Å². The number of hydrogen-bond donors (Lipinski definition) is 1. The van der Waals surface area contributed by atoms with E-state index in [4.69, 9.17) is 8.85 Å². The zero-order chi connectivity index (χ0) is 26.8. The first kappa shape index (κ1) is 30.4. The predicted octanol–water partition coefficient (Wildman–Crippen LogP) is 9.96. The van der Waals surface area contributed by atoms with Crippen LogP contribution in [0.25, 0.3) is 10.8 Å². The lowest BCUT2D eigenvalue weighted by Gasteiger charge is -2.35. The van der Waals surface area contributed by atoms with Crippen molar-refractivity contribution < 1.29 is 18.8 Å². The Labute approximate surface area is 222 Å². The van der Waals surface area contributed by atoms with Gasteiger partial charge in [0, 0.05) is 10.8 Å². The number of carbonyl (C=O) groups is 1. The van der Waals surface area contributed by atoms with Gasteiger partial charge in [-0.1, -0.05) is 97.8 Å². The van der Waals surface area contributed by atoms with Gasteiger partial charge in [0.25, 0.3) is 16.6 Å². The largest absolute Gasteiger partial charge is 0.543 e. The van der Waals surface area contributed by atoms with Crippen molar-refractivity contribution in [2.24, 2.45) is 0 Å². The van der Waals surface area contributed by atoms with Gasteiger partial charge in [0.05, 0.1) is 0 Å². The predicted molar refractivity (Wildman–Crippen MR) is 159 cm³/mol. The minimum Gasteiger partial charge on any atom is -0.543 e. The molecule has 2 aromatic rings. The summed E-state index contributed by atoms with van der Waals surface area (Å²) in [6, 6.07) is 14.6. The third-order valence-electron chi connectivity index (χ3n) is 7.31. The summed E-state index contributed by atoms with van der Waals surface area (Å²) in [7, 11) is -4.20. The Morgan fingerprint density at radius 1 is 0.694 bits per heavy atom. The number of hydrogen-bond acceptors (Lipinski definition) is 3. The molecule has 0 aromatic heterocycles. The van der Waals surface area contributed by atoms with Crippen molar-refractivity contribution >= 4 is 33.4 Å². The Morgan fingerprint density at radius 2 is 1.14 bits per heavy atom. The SMILES string of the molecule is CCC[Si](CCC)(CCC)Oc1cc(C(=O)O)c(O[Si](CCC)(CCC)CCC)c2ccc(C)cc12. The van der Waals surface area contributed by atoms with E-state index < -0.39 is 22.6 Å². The maximum Gasteiger partial charge on any atom is 0.339 e. The first-order chi connectivity index (χ1) is 17.2. The van der Waals surface area contributed by atoms with Gasteiger partial charge in [-0.2, -0.15) is 0 Å². The molecule has 0 aliphatic heterocycles. The van der Waals surface area contributed by atoms with Crippen LogP contribution in [0.5, 0.6) is 11.5 Å². The summed E-state index contributed by atoms with van der Waals surface area (Å²) >= 11 is 0. The van der Waals surface area contributed by atoms with Gasteiger partial charge < -0.3 is 14.0 Å². The number of aryl methyl sites for hydroxylation is 1. The standard InChI is InChI=1S/C30H50O4Si2/c1-8-16-35(17-9-2,18-10-3)33-28-23-27(30(31)32)29(25-15-14-24(7)22-26(25)28)34-36(19-11-4,20-12-5)21-13-6/h14-15,22-23H,8-13,16-21H2,1-7H3,(H,31,32). The van der Waals surface area contributed by atoms with Crippen LogP contribution in [0.2, 0.25) is 36.3 Å². The fourth-order valence-corrected chi connectivity index (χ4v) is 14.9. The highest BCUT2D eigenvalue weighted by molar-refractivity contribution is 6.75. The van der Waals surface area contributed by atoms with Crippen LogP contribution in [0.1, 0.15) is 96.0 Å². The lowest BCUT2D eigenvalue weighted by atomic mass is 10.0. The van der Waals surface area contributed by atoms with Crippen molar-refractivity contribution in [1.29, 1.82) is 0 Å². The van der Waals surface area contributed by atoms with Crippen molar-refractivity contribution in [3.05, 3.63) is 35.4 Å². The molecule has 0 bridgehead atoms. The zero-order valence-electron chi connectivity index (χ0n) is 24.0. The first-order valence-electron chi connectivity index (χ1n) is 14.4. The lowest BCUT2D eigenvalue weighted by molar-refractivity contribution is 0.0694. The minimum atomic E-state index is -2.14. The Hall–Kier alpha value is -1.80. The maximum atomic E-state index is 12.7. The Bertz CT molecular complexity index is 955. The van der Waals surface area contributed by atoms with Crippen molar-refractivity contribution in [1.82, 2.24) is 0 Å². The molecule has 0 fully saturated rings. The fraction of sp³-hybridized carbons (Fsp3) is 0.633. The normalized spacial score (nSPS) is 12.2. The van der Waals surface area contributed by atoms with Crippen LogP contribution in [0.3, 0.4) is 0 Å². The van der Waals surface area contributed by atoms with E-state index in [-0.39, 0.29) is 5.56 Å². The van der Waals surface area contributed by atoms with Crippen molar-refractivity contribution in [3.63, 3.8) is 0 Å². The molecule has 2 rings (SSSR count). The second-order valence-electron chi connectivity index (χ2n) is 10.7. The second kappa shape index (κ2) is 14.2. The number of aromatic carboxylic acids is 1. The molecule has 4 nitrogen and oxygen atoms in total. The van der Waals surface area contributed by atoms with Crippen LogP contribution in [0.4, 0.5) is 0 Å². The quantitative estimate of drug-likeness (QED) is 0.207. The molecule has 36 heavy (non-hydrogen) atoms. The molecule has 0 aliphatic carbocycles. The average Bonchev–Trinajstić information content (AvgIpc) is 2.81. The third kappa shape index (κ3) is 7.38. The second-order valence-corrected chi connectivity index (χ2v) is 18.8. The Morgan fingerprint density at radius 3 is 1.56 bits per heavy atom. The van der Waals surface area contributed by atoms with Gasteiger partial charge in [0.15, 0.2) is 0 Å². The molecule has 0 aliphatic rings. The average molecular weight is 531 g/mol. The third-order valence-corrected chi connectivity index (χ3v) is 17.1. The number of rotatable bonds is 17. The van der Waals surface area contributed by atoms with E-state index in [9.17, 15) is 9.90 Å². The molecule has 0 atom stereocenters. The van der Waals surface area contributed by atoms with E-state index in [1.165, 1.54) is 0 Å². The molecule has 1 N–H and O–H groups in total. The number of benzene rings is 2. The van der Waals surface area contributed by atoms with E-state index in [1.807, 2.05) is 0 Å². The topological polar surface area (TPSA) is 55.8 Å². The van der Waals surface area contributed by atoms with Crippen molar-refractivity contribution in [2.45, 2.75) is 123 Å². The molecular formula is C30H50O4Si2. The van der Waals surface area contributed by atoms with Gasteiger partial charge in [0.2, 0.25) is 0 Å². The zero-order valence-corrected chi connectivity index (χ0v) is 26.0. The molecular weight excluding hydrogens is 480 g/mol. The van der Waals surface area contributed by atoms with Crippen LogP contribution in [-0.2, 0) is 0 Å². The molecule has 0 spiro atoms. The molecule has 6 heteroatoms. The molecule has 0 radical (unpaired) electrons. The van der Waals surface area contributed by atoms with Crippen LogP contribution < -0.4 is 8.85 Å². The summed E-state index contributed by atoms with van der Waals surface area (Å²) in [5.41, 5.74) is 1.41. The van der Waals surface area contributed by atoms with Gasteiger partial charge in [-0.3, -0.25) is 0 Å². The van der Waals surface area contributed by atoms with Gasteiger partial charge in [0.1, 0.15) is 17.1 Å². The molecule has 0 saturated heterocycles. The van der Waals surface area contributed by atoms with Gasteiger partial charge in [-0.25, -0.2) is 4.79 Å². The summed E-state index contributed by atoms with van der Waals surface area (Å²) in [6.45, 7) is 15.4. The van der Waals surface area contributed by atoms with E-state index in [0.29, 0.717) is 5.75 Å². The van der Waals surface area contributed by atoms with E-state index in [0.717, 1.165) is 96.9 Å². The highest BCUT2D eigenvalue weighted by Gasteiger charge is 2.38. The van der Waals surface area contributed by atoms with E-state index >= 15 is 0 Å². The summed E-state index contributed by atoms with van der Waals surface area (Å²) in [6.07, 6.45) is 6.46. The van der Waals surface area contributed by atoms with Crippen LogP contribution in [0, 0.1) is 6.92 Å². The summed E-state index contributed by atoms with van der Waals surface area (Å²) in [5, 5.41) is 12.3. The van der Waals surface area contributed by atoms with Crippen LogP contribution in [0.15, 0.2) is 24.3 Å². The van der Waals surface area contributed by atoms with Gasteiger partial charge in [-0.05, 0) is 55.3 Å². The molecule has 202 valence electrons. The lowest BCUT2D eigenvalue weighted by Crippen LogP contribution is -2.42. The first-order valence-corrected chi connectivity index (χ1v) is 19.5. The molecule has 0 saturated carbocycles. The highest BCUT2D eigenvalue weighted by atomic mass is 28.4. The summed E-state index contributed by atoms with van der Waals surface area (Å²) < 4.78 is 14.1. The highest BCUT2D eigenvalue weighted by Crippen LogP contribution is 2.43. The summed E-state index contributed by atoms with van der Waals surface area (Å²) in [4.78, 5) is 12.7. The molecule has 0 amide bonds. The van der Waals surface area contributed by atoms with E-state index in [1.54, 1.807) is 6.07 Å². The Balaban J connectivity index is 2.80. The molecule has 0 unspecified atom stereocenters. The summed E-state index contributed by atoms with van der Waals surface area (Å²) in [5.74, 6) is 0.383. The Kier molecular flexibility index (Phi) is 12.0. The molecule has 0 heterocycles. The van der Waals surface area contributed by atoms with Crippen LogP contribution in [-0.4, -0.2) is 27.7 Å². The van der Waals surface area contributed by atoms with E-state index in [2.05, 4.69) is 66.7 Å². The number of carboxylic acid groups (broad SMARTS) is 1. The number of carboxylic acids is 1. The molecule has 2 aromatic carbocycles. The smallest absolute Gasteiger partial charge is 0.339 e. The van der Waals surface area contributed by atoms with Crippen molar-refractivity contribution in [3.8, 4) is 11.5 Å². The maximum absolute atomic E-state index is 12.7. The number of fused-ring (bicyclic) bond motifs is 1. The monoisotopic (exact) mass is 530 g/mol. The van der Waals surface area contributed by atoms with Crippen molar-refractivity contribution in [2.75, 3.05) is 0 Å².